The molecule has 0 aliphatic carbocycles. The van der Waals surface area contributed by atoms with E-state index in [0.29, 0.717) is 23.9 Å². The van der Waals surface area contributed by atoms with Gasteiger partial charge in [0.15, 0.2) is 5.13 Å². The van der Waals surface area contributed by atoms with Gasteiger partial charge in [0, 0.05) is 25.0 Å². The molecule has 1 rings (SSSR count). The summed E-state index contributed by atoms with van der Waals surface area (Å²) in [6, 6.07) is 0. The van der Waals surface area contributed by atoms with Crippen LogP contribution in [-0.4, -0.2) is 42.7 Å². The molecule has 0 atom stereocenters. The maximum atomic E-state index is 12.3. The predicted octanol–water partition coefficient (Wildman–Crippen LogP) is 1.73. The largest absolute Gasteiger partial charge is 0.401 e. The summed E-state index contributed by atoms with van der Waals surface area (Å²) in [7, 11) is 1.70. The van der Waals surface area contributed by atoms with Gasteiger partial charge >= 0.3 is 6.18 Å². The smallest absolute Gasteiger partial charge is 0.375 e. The molecule has 0 aromatic carbocycles. The lowest BCUT2D eigenvalue weighted by Gasteiger charge is -2.22. The van der Waals surface area contributed by atoms with Crippen molar-refractivity contribution in [1.82, 2.24) is 15.2 Å². The Hall–Kier alpha value is -0.570. The van der Waals surface area contributed by atoms with Gasteiger partial charge in [-0.2, -0.15) is 13.2 Å². The summed E-state index contributed by atoms with van der Waals surface area (Å²) in [5.41, 5.74) is 6.01. The summed E-state index contributed by atoms with van der Waals surface area (Å²) >= 11 is 1.23. The van der Waals surface area contributed by atoms with E-state index in [1.807, 2.05) is 0 Å². The number of alkyl halides is 3. The number of likely N-dealkylation sites (N-methyl/N-ethyl adjacent to an activating group) is 1. The first-order chi connectivity index (χ1) is 7.90. The lowest BCUT2D eigenvalue weighted by atomic mass is 10.4. The van der Waals surface area contributed by atoms with Gasteiger partial charge in [-0.3, -0.25) is 4.90 Å². The highest BCUT2D eigenvalue weighted by Crippen LogP contribution is 2.19. The van der Waals surface area contributed by atoms with Crippen LogP contribution in [-0.2, 0) is 6.54 Å². The summed E-state index contributed by atoms with van der Waals surface area (Å²) in [5, 5.41) is 4.88. The second kappa shape index (κ2) is 7.78. The van der Waals surface area contributed by atoms with Crippen LogP contribution in [0.1, 0.15) is 5.69 Å². The summed E-state index contributed by atoms with van der Waals surface area (Å²) in [6.07, 6.45) is -4.20. The summed E-state index contributed by atoms with van der Waals surface area (Å²) in [6.45, 7) is 0.0319. The van der Waals surface area contributed by atoms with Crippen molar-refractivity contribution in [2.24, 2.45) is 0 Å². The Balaban J connectivity index is 0.00000289. The molecule has 0 fully saturated rings. The third-order valence-corrected chi connectivity index (χ3v) is 2.76. The van der Waals surface area contributed by atoms with Gasteiger partial charge in [-0.1, -0.05) is 0 Å². The minimum atomic E-state index is -4.20. The molecule has 0 unspecified atom stereocenters. The average molecular weight is 305 g/mol. The van der Waals surface area contributed by atoms with E-state index in [9.17, 15) is 13.2 Å². The highest BCUT2D eigenvalue weighted by molar-refractivity contribution is 7.13. The summed E-state index contributed by atoms with van der Waals surface area (Å²) < 4.78 is 37.0. The molecule has 4 nitrogen and oxygen atoms in total. The van der Waals surface area contributed by atoms with Gasteiger partial charge in [0.1, 0.15) is 0 Å². The number of thiazole rings is 1. The van der Waals surface area contributed by atoms with Crippen LogP contribution in [0.25, 0.3) is 0 Å². The zero-order valence-corrected chi connectivity index (χ0v) is 11.5. The van der Waals surface area contributed by atoms with Crippen molar-refractivity contribution in [3.8, 4) is 0 Å². The van der Waals surface area contributed by atoms with E-state index in [-0.39, 0.29) is 19.0 Å². The van der Waals surface area contributed by atoms with E-state index < -0.39 is 12.7 Å². The molecule has 0 saturated carbocycles. The van der Waals surface area contributed by atoms with E-state index in [1.165, 1.54) is 16.2 Å². The Morgan fingerprint density at radius 2 is 2.17 bits per heavy atom. The van der Waals surface area contributed by atoms with Gasteiger partial charge in [0.2, 0.25) is 0 Å². The number of nitrogens with two attached hydrogens (primary N) is 1. The van der Waals surface area contributed by atoms with Crippen LogP contribution in [0.2, 0.25) is 0 Å². The third-order valence-electron chi connectivity index (χ3n) is 2.04. The number of nitrogens with one attached hydrogen (secondary N) is 1. The molecule has 1 heterocycles. The molecule has 18 heavy (non-hydrogen) atoms. The van der Waals surface area contributed by atoms with Crippen molar-refractivity contribution < 1.29 is 13.2 Å². The van der Waals surface area contributed by atoms with E-state index in [0.717, 1.165) is 0 Å². The summed E-state index contributed by atoms with van der Waals surface area (Å²) in [4.78, 5) is 5.25. The van der Waals surface area contributed by atoms with Crippen molar-refractivity contribution in [3.63, 3.8) is 0 Å². The van der Waals surface area contributed by atoms with Gasteiger partial charge in [-0.15, -0.1) is 23.7 Å². The minimum Gasteiger partial charge on any atom is -0.375 e. The van der Waals surface area contributed by atoms with Crippen LogP contribution < -0.4 is 11.1 Å². The molecule has 0 bridgehead atoms. The topological polar surface area (TPSA) is 54.2 Å². The van der Waals surface area contributed by atoms with Crippen LogP contribution in [0, 0.1) is 0 Å². The van der Waals surface area contributed by atoms with E-state index in [4.69, 9.17) is 5.73 Å². The van der Waals surface area contributed by atoms with Crippen LogP contribution in [0.4, 0.5) is 18.3 Å². The Kier molecular flexibility index (Phi) is 7.53. The third kappa shape index (κ3) is 7.00. The van der Waals surface area contributed by atoms with Crippen molar-refractivity contribution in [2.45, 2.75) is 12.7 Å². The van der Waals surface area contributed by atoms with E-state index in [1.54, 1.807) is 12.4 Å². The lowest BCUT2D eigenvalue weighted by Crippen LogP contribution is -2.37. The van der Waals surface area contributed by atoms with Crippen molar-refractivity contribution in [2.75, 3.05) is 32.4 Å². The van der Waals surface area contributed by atoms with Gasteiger partial charge in [0.25, 0.3) is 0 Å². The van der Waals surface area contributed by atoms with Gasteiger partial charge < -0.3 is 11.1 Å². The second-order valence-electron chi connectivity index (χ2n) is 3.61. The molecular weight excluding hydrogens is 289 g/mol. The normalized spacial score (nSPS) is 11.6. The van der Waals surface area contributed by atoms with Crippen LogP contribution in [0.15, 0.2) is 5.38 Å². The first kappa shape index (κ1) is 17.4. The van der Waals surface area contributed by atoms with Crippen molar-refractivity contribution in [1.29, 1.82) is 0 Å². The highest BCUT2D eigenvalue weighted by atomic mass is 35.5. The Bertz CT molecular complexity index is 345. The molecule has 0 saturated heterocycles. The fourth-order valence-electron chi connectivity index (χ4n) is 1.36. The molecule has 0 radical (unpaired) electrons. The molecule has 1 aromatic heterocycles. The van der Waals surface area contributed by atoms with E-state index in [2.05, 4.69) is 10.3 Å². The molecule has 106 valence electrons. The van der Waals surface area contributed by atoms with Crippen molar-refractivity contribution >= 4 is 28.9 Å². The molecule has 0 aliphatic rings. The first-order valence-electron chi connectivity index (χ1n) is 5.04. The maximum Gasteiger partial charge on any atom is 0.401 e. The molecule has 0 amide bonds. The fraction of sp³-hybridized carbons (Fsp3) is 0.667. The SMILES string of the molecule is CNCCN(Cc1csc(N)n1)CC(F)(F)F.Cl. The van der Waals surface area contributed by atoms with Crippen LogP contribution in [0.5, 0.6) is 0 Å². The zero-order chi connectivity index (χ0) is 12.9. The molecular formula is C9H16ClF3N4S. The lowest BCUT2D eigenvalue weighted by molar-refractivity contribution is -0.147. The molecule has 0 spiro atoms. The predicted molar refractivity (Wildman–Crippen MR) is 69.0 cm³/mol. The Morgan fingerprint density at radius 3 is 2.61 bits per heavy atom. The monoisotopic (exact) mass is 304 g/mol. The van der Waals surface area contributed by atoms with Crippen LogP contribution >= 0.6 is 23.7 Å². The number of rotatable bonds is 6. The van der Waals surface area contributed by atoms with Crippen molar-refractivity contribution in [3.05, 3.63) is 11.1 Å². The number of aromatic nitrogens is 1. The number of hydrogen-bond acceptors (Lipinski definition) is 5. The number of anilines is 1. The number of halogens is 4. The highest BCUT2D eigenvalue weighted by Gasteiger charge is 2.30. The number of nitrogen functional groups attached to an aromatic ring is 1. The average Bonchev–Trinajstić information content (AvgIpc) is 2.58. The van der Waals surface area contributed by atoms with Gasteiger partial charge in [-0.25, -0.2) is 4.98 Å². The standard InChI is InChI=1S/C9H15F3N4S.ClH/c1-14-2-3-16(6-9(10,11)12)4-7-5-17-8(13)15-7;/h5,14H,2-4,6H2,1H3,(H2,13,15);1H. The second-order valence-corrected chi connectivity index (χ2v) is 4.50. The van der Waals surface area contributed by atoms with E-state index >= 15 is 0 Å². The van der Waals surface area contributed by atoms with Crippen LogP contribution in [0.3, 0.4) is 0 Å². The summed E-state index contributed by atoms with van der Waals surface area (Å²) in [5.74, 6) is 0. The molecule has 1 aromatic rings. The quantitative estimate of drug-likeness (QED) is 0.840. The number of hydrogen-bond donors (Lipinski definition) is 2. The molecule has 9 heteroatoms. The Morgan fingerprint density at radius 1 is 1.50 bits per heavy atom. The first-order valence-corrected chi connectivity index (χ1v) is 5.92. The Labute approximate surface area is 114 Å². The van der Waals surface area contributed by atoms with Gasteiger partial charge in [0.05, 0.1) is 12.2 Å². The number of nitrogens with zero attached hydrogens (tertiary/aromatic N) is 2. The zero-order valence-electron chi connectivity index (χ0n) is 9.83. The van der Waals surface area contributed by atoms with Gasteiger partial charge in [-0.05, 0) is 7.05 Å². The minimum absolute atomic E-state index is 0. The maximum absolute atomic E-state index is 12.3. The molecule has 0 aliphatic heterocycles. The fourth-order valence-corrected chi connectivity index (χ4v) is 1.92. The molecule has 3 N–H and O–H groups in total.